The van der Waals surface area contributed by atoms with Crippen LogP contribution in [0.25, 0.3) is 0 Å². The van der Waals surface area contributed by atoms with Crippen LogP contribution >= 0.6 is 63.7 Å². The summed E-state index contributed by atoms with van der Waals surface area (Å²) < 4.78 is 34.7. The van der Waals surface area contributed by atoms with E-state index in [4.69, 9.17) is 0 Å². The lowest BCUT2D eigenvalue weighted by atomic mass is 9.81. The molecule has 12 heteroatoms. The van der Waals surface area contributed by atoms with Gasteiger partial charge in [0.2, 0.25) is 11.6 Å². The van der Waals surface area contributed by atoms with Crippen molar-refractivity contribution in [3.05, 3.63) is 100 Å². The van der Waals surface area contributed by atoms with Crippen molar-refractivity contribution >= 4 is 98.0 Å². The van der Waals surface area contributed by atoms with Gasteiger partial charge in [-0.15, -0.1) is 0 Å². The van der Waals surface area contributed by atoms with E-state index in [1.54, 1.807) is 36.4 Å². The summed E-state index contributed by atoms with van der Waals surface area (Å²) in [6.07, 6.45) is 0. The van der Waals surface area contributed by atoms with Gasteiger partial charge in [0, 0.05) is 17.9 Å². The fourth-order valence-electron chi connectivity index (χ4n) is 4.12. The number of carbonyl (C=O) groups excluding carboxylic acids is 2. The molecule has 0 heterocycles. The standard InChI is InChI=1S/C26H12Br4F2N2O4/c27-9-3-1-4-10(28)21(9)33-23-19(31)17-18(20(32)24(23)34-22-11(29)5-2-6-12(22)30)26(38)16-14(36)8-7-13(35)15(16)25(17)37/h1-8,33-36H. The first-order valence-corrected chi connectivity index (χ1v) is 13.8. The number of aromatic hydroxyl groups is 2. The summed E-state index contributed by atoms with van der Waals surface area (Å²) in [6, 6.07) is 12.1. The van der Waals surface area contributed by atoms with Gasteiger partial charge < -0.3 is 20.8 Å². The Morgan fingerprint density at radius 2 is 0.842 bits per heavy atom. The lowest BCUT2D eigenvalue weighted by Gasteiger charge is -2.25. The molecule has 1 aliphatic carbocycles. The van der Waals surface area contributed by atoms with Crippen molar-refractivity contribution in [1.29, 1.82) is 0 Å². The van der Waals surface area contributed by atoms with Crippen LogP contribution in [0.4, 0.5) is 31.5 Å². The van der Waals surface area contributed by atoms with E-state index in [9.17, 15) is 19.8 Å². The van der Waals surface area contributed by atoms with Gasteiger partial charge in [0.25, 0.3) is 0 Å². The maximum atomic E-state index is 16.4. The van der Waals surface area contributed by atoms with E-state index in [2.05, 4.69) is 74.4 Å². The molecule has 0 saturated heterocycles. The Morgan fingerprint density at radius 3 is 1.16 bits per heavy atom. The first kappa shape index (κ1) is 26.8. The summed E-state index contributed by atoms with van der Waals surface area (Å²) in [4.78, 5) is 26.8. The number of ketones is 2. The minimum Gasteiger partial charge on any atom is -0.507 e. The molecule has 0 unspecified atom stereocenters. The highest BCUT2D eigenvalue weighted by atomic mass is 79.9. The lowest BCUT2D eigenvalue weighted by Crippen LogP contribution is -2.26. The van der Waals surface area contributed by atoms with Gasteiger partial charge in [0.15, 0.2) is 11.6 Å². The monoisotopic (exact) mass is 770 g/mol. The van der Waals surface area contributed by atoms with Gasteiger partial charge >= 0.3 is 0 Å². The number of fused-ring (bicyclic) bond motifs is 2. The maximum Gasteiger partial charge on any atom is 0.201 e. The Kier molecular flexibility index (Phi) is 7.10. The molecule has 0 radical (unpaired) electrons. The third kappa shape index (κ3) is 4.23. The van der Waals surface area contributed by atoms with Crippen LogP contribution in [0.3, 0.4) is 0 Å². The zero-order valence-corrected chi connectivity index (χ0v) is 24.9. The quantitative estimate of drug-likeness (QED) is 0.137. The van der Waals surface area contributed by atoms with Crippen molar-refractivity contribution in [2.45, 2.75) is 0 Å². The third-order valence-electron chi connectivity index (χ3n) is 5.87. The Hall–Kier alpha value is -2.80. The molecular weight excluding hydrogens is 762 g/mol. The van der Waals surface area contributed by atoms with Gasteiger partial charge in [-0.3, -0.25) is 9.59 Å². The second-order valence-electron chi connectivity index (χ2n) is 8.08. The molecule has 6 nitrogen and oxygen atoms in total. The van der Waals surface area contributed by atoms with Crippen LogP contribution in [0.2, 0.25) is 0 Å². The Morgan fingerprint density at radius 1 is 0.526 bits per heavy atom. The van der Waals surface area contributed by atoms with Crippen LogP contribution in [0.1, 0.15) is 31.8 Å². The molecular formula is C26H12Br4F2N2O4. The molecule has 0 aliphatic heterocycles. The van der Waals surface area contributed by atoms with Crippen molar-refractivity contribution in [3.8, 4) is 11.5 Å². The SMILES string of the molecule is O=C1c2c(O)ccc(O)c2C(=O)c2c(F)c(Nc3c(Br)cccc3Br)c(Nc3c(Br)cccc3Br)c(F)c21. The number of phenols is 2. The Balaban J connectivity index is 1.84. The summed E-state index contributed by atoms with van der Waals surface area (Å²) in [5.74, 6) is -6.07. The molecule has 38 heavy (non-hydrogen) atoms. The van der Waals surface area contributed by atoms with E-state index < -0.39 is 68.3 Å². The second kappa shape index (κ2) is 10.1. The number of hydrogen-bond donors (Lipinski definition) is 4. The number of rotatable bonds is 4. The lowest BCUT2D eigenvalue weighted by molar-refractivity contribution is 0.0967. The van der Waals surface area contributed by atoms with Crippen molar-refractivity contribution in [3.63, 3.8) is 0 Å². The number of benzene rings is 4. The topological polar surface area (TPSA) is 98.7 Å². The highest BCUT2D eigenvalue weighted by Gasteiger charge is 2.41. The number of phenolic OH excluding ortho intramolecular Hbond substituents is 2. The Bertz CT molecular complexity index is 1550. The number of nitrogens with one attached hydrogen (secondary N) is 2. The molecule has 0 amide bonds. The number of carbonyl (C=O) groups is 2. The fourth-order valence-corrected chi connectivity index (χ4v) is 6.52. The molecule has 192 valence electrons. The van der Waals surface area contributed by atoms with E-state index in [0.717, 1.165) is 12.1 Å². The summed E-state index contributed by atoms with van der Waals surface area (Å²) in [5, 5.41) is 26.3. The first-order valence-electron chi connectivity index (χ1n) is 10.6. The highest BCUT2D eigenvalue weighted by molar-refractivity contribution is 9.11. The van der Waals surface area contributed by atoms with Crippen LogP contribution < -0.4 is 10.6 Å². The average molecular weight is 774 g/mol. The first-order chi connectivity index (χ1) is 18.0. The largest absolute Gasteiger partial charge is 0.507 e. The highest BCUT2D eigenvalue weighted by Crippen LogP contribution is 2.47. The molecule has 4 aromatic rings. The molecule has 0 spiro atoms. The minimum absolute atomic E-state index is 0.315. The zero-order valence-electron chi connectivity index (χ0n) is 18.6. The molecule has 4 aromatic carbocycles. The third-order valence-corrected chi connectivity index (χ3v) is 8.52. The normalized spacial score (nSPS) is 12.3. The van der Waals surface area contributed by atoms with Crippen LogP contribution in [0.15, 0.2) is 66.4 Å². The predicted octanol–water partition coefficient (Wildman–Crippen LogP) is 8.69. The molecule has 4 N–H and O–H groups in total. The van der Waals surface area contributed by atoms with Crippen molar-refractivity contribution in [1.82, 2.24) is 0 Å². The predicted molar refractivity (Wildman–Crippen MR) is 153 cm³/mol. The van der Waals surface area contributed by atoms with Crippen LogP contribution in [-0.4, -0.2) is 21.8 Å². The molecule has 0 bridgehead atoms. The van der Waals surface area contributed by atoms with E-state index in [1.165, 1.54) is 0 Å². The smallest absolute Gasteiger partial charge is 0.201 e. The van der Waals surface area contributed by atoms with Gasteiger partial charge in [-0.1, -0.05) is 12.1 Å². The zero-order chi connectivity index (χ0) is 27.5. The molecule has 0 saturated carbocycles. The maximum absolute atomic E-state index is 16.4. The van der Waals surface area contributed by atoms with Gasteiger partial charge in [0.05, 0.1) is 33.6 Å². The van der Waals surface area contributed by atoms with E-state index >= 15 is 8.78 Å². The average Bonchev–Trinajstić information content (AvgIpc) is 2.86. The number of halogens is 6. The number of para-hydroxylation sites is 2. The fraction of sp³-hybridized carbons (Fsp3) is 0. The molecule has 0 atom stereocenters. The van der Waals surface area contributed by atoms with Gasteiger partial charge in [-0.25, -0.2) is 8.78 Å². The molecule has 5 rings (SSSR count). The minimum atomic E-state index is -1.23. The summed E-state index contributed by atoms with van der Waals surface area (Å²) in [5.41, 5.74) is -3.27. The number of hydrogen-bond acceptors (Lipinski definition) is 6. The Labute approximate surface area is 247 Å². The van der Waals surface area contributed by atoms with E-state index in [-0.39, 0.29) is 0 Å². The van der Waals surface area contributed by atoms with Crippen molar-refractivity contribution in [2.24, 2.45) is 0 Å². The van der Waals surface area contributed by atoms with Gasteiger partial charge in [-0.2, -0.15) is 0 Å². The van der Waals surface area contributed by atoms with E-state index in [0.29, 0.717) is 29.3 Å². The summed E-state index contributed by atoms with van der Waals surface area (Å²) in [7, 11) is 0. The molecule has 1 aliphatic rings. The second-order valence-corrected chi connectivity index (χ2v) is 11.5. The molecule has 0 fully saturated rings. The van der Waals surface area contributed by atoms with Gasteiger partial charge in [0.1, 0.15) is 22.9 Å². The summed E-state index contributed by atoms with van der Waals surface area (Å²) >= 11 is 13.5. The van der Waals surface area contributed by atoms with Crippen molar-refractivity contribution in [2.75, 3.05) is 10.6 Å². The molecule has 0 aromatic heterocycles. The van der Waals surface area contributed by atoms with E-state index in [1.807, 2.05) is 0 Å². The van der Waals surface area contributed by atoms with Crippen molar-refractivity contribution < 1.29 is 28.6 Å². The summed E-state index contributed by atoms with van der Waals surface area (Å²) in [6.45, 7) is 0. The van der Waals surface area contributed by atoms with Crippen LogP contribution in [-0.2, 0) is 0 Å². The number of anilines is 4. The van der Waals surface area contributed by atoms with Crippen LogP contribution in [0, 0.1) is 11.6 Å². The van der Waals surface area contributed by atoms with Crippen LogP contribution in [0.5, 0.6) is 11.5 Å². The van der Waals surface area contributed by atoms with Gasteiger partial charge in [-0.05, 0) is 100 Å².